The summed E-state index contributed by atoms with van der Waals surface area (Å²) >= 11 is 0. The maximum atomic E-state index is 5.49. The molecule has 0 radical (unpaired) electrons. The third-order valence-corrected chi connectivity index (χ3v) is 5.44. The number of aryl methyl sites for hydroxylation is 1. The van der Waals surface area contributed by atoms with Gasteiger partial charge in [-0.25, -0.2) is 0 Å². The Morgan fingerprint density at radius 2 is 1.95 bits per heavy atom. The molecular weight excluding hydrogens is 234 g/mol. The fourth-order valence-electron chi connectivity index (χ4n) is 4.16. The van der Waals surface area contributed by atoms with E-state index in [2.05, 4.69) is 32.2 Å². The smallest absolute Gasteiger partial charge is 0.122 e. The summed E-state index contributed by atoms with van der Waals surface area (Å²) < 4.78 is 5.49. The molecule has 19 heavy (non-hydrogen) atoms. The van der Waals surface area contributed by atoms with Crippen molar-refractivity contribution in [1.82, 2.24) is 5.32 Å². The second-order valence-electron chi connectivity index (χ2n) is 6.60. The number of hydrogen-bond acceptors (Lipinski definition) is 2. The molecule has 0 bridgehead atoms. The maximum Gasteiger partial charge on any atom is 0.122 e. The second kappa shape index (κ2) is 4.52. The molecule has 1 saturated heterocycles. The Morgan fingerprint density at radius 1 is 1.21 bits per heavy atom. The number of nitrogens with one attached hydrogen (secondary N) is 1. The minimum Gasteiger partial charge on any atom is -0.496 e. The highest BCUT2D eigenvalue weighted by Crippen LogP contribution is 2.50. The van der Waals surface area contributed by atoms with Gasteiger partial charge < -0.3 is 10.1 Å². The van der Waals surface area contributed by atoms with Crippen molar-refractivity contribution in [1.29, 1.82) is 0 Å². The molecule has 1 aromatic carbocycles. The highest BCUT2D eigenvalue weighted by molar-refractivity contribution is 5.50. The van der Waals surface area contributed by atoms with Crippen LogP contribution in [0.15, 0.2) is 6.07 Å². The van der Waals surface area contributed by atoms with Crippen molar-refractivity contribution in [2.24, 2.45) is 5.41 Å². The van der Waals surface area contributed by atoms with Crippen molar-refractivity contribution in [3.8, 4) is 5.75 Å². The van der Waals surface area contributed by atoms with Crippen LogP contribution >= 0.6 is 0 Å². The Kier molecular flexibility index (Phi) is 3.09. The van der Waals surface area contributed by atoms with E-state index in [1.165, 1.54) is 49.0 Å². The molecule has 0 aromatic heterocycles. The lowest BCUT2D eigenvalue weighted by molar-refractivity contribution is 0.175. The Balaban J connectivity index is 1.95. The minimum atomic E-state index is 0.622. The van der Waals surface area contributed by atoms with Crippen molar-refractivity contribution in [2.75, 3.05) is 20.2 Å². The van der Waals surface area contributed by atoms with Crippen LogP contribution in [-0.2, 0) is 0 Å². The van der Waals surface area contributed by atoms with Gasteiger partial charge in [0.25, 0.3) is 0 Å². The first kappa shape index (κ1) is 13.0. The van der Waals surface area contributed by atoms with E-state index in [0.29, 0.717) is 5.41 Å². The van der Waals surface area contributed by atoms with Gasteiger partial charge in [-0.15, -0.1) is 0 Å². The summed E-state index contributed by atoms with van der Waals surface area (Å²) in [6.07, 6.45) is 4.12. The molecule has 0 amide bonds. The van der Waals surface area contributed by atoms with Crippen LogP contribution in [0.25, 0.3) is 0 Å². The Bertz CT molecular complexity index is 502. The summed E-state index contributed by atoms with van der Waals surface area (Å²) in [6.45, 7) is 9.17. The SMILES string of the molecule is COc1cc(C)c(C2CCC3(CNC3)C2)c(C)c1C. The fraction of sp³-hybridized carbons (Fsp3) is 0.647. The van der Waals surface area contributed by atoms with Gasteiger partial charge in [0.2, 0.25) is 0 Å². The summed E-state index contributed by atoms with van der Waals surface area (Å²) in [4.78, 5) is 0. The number of ether oxygens (including phenoxy) is 1. The van der Waals surface area contributed by atoms with Gasteiger partial charge in [-0.2, -0.15) is 0 Å². The molecule has 104 valence electrons. The first-order chi connectivity index (χ1) is 9.06. The van der Waals surface area contributed by atoms with Gasteiger partial charge in [0.15, 0.2) is 0 Å². The third-order valence-electron chi connectivity index (χ3n) is 5.44. The van der Waals surface area contributed by atoms with Gasteiger partial charge in [0.1, 0.15) is 5.75 Å². The zero-order chi connectivity index (χ0) is 13.6. The molecule has 1 atom stereocenters. The summed E-state index contributed by atoms with van der Waals surface area (Å²) in [5, 5.41) is 3.45. The second-order valence-corrected chi connectivity index (χ2v) is 6.60. The third kappa shape index (κ3) is 1.97. The zero-order valence-corrected chi connectivity index (χ0v) is 12.6. The van der Waals surface area contributed by atoms with Gasteiger partial charge in [0, 0.05) is 13.1 Å². The van der Waals surface area contributed by atoms with E-state index in [0.717, 1.165) is 11.7 Å². The average molecular weight is 259 g/mol. The van der Waals surface area contributed by atoms with Crippen LogP contribution in [0, 0.1) is 26.2 Å². The van der Waals surface area contributed by atoms with Crippen LogP contribution in [0.5, 0.6) is 5.75 Å². The van der Waals surface area contributed by atoms with Crippen LogP contribution < -0.4 is 10.1 Å². The van der Waals surface area contributed by atoms with Gasteiger partial charge in [0.05, 0.1) is 7.11 Å². The van der Waals surface area contributed by atoms with Crippen LogP contribution in [0.1, 0.15) is 47.4 Å². The predicted octanol–water partition coefficient (Wildman–Crippen LogP) is 3.48. The predicted molar refractivity (Wildman–Crippen MR) is 79.1 cm³/mol. The number of methoxy groups -OCH3 is 1. The molecule has 1 spiro atoms. The summed E-state index contributed by atoms with van der Waals surface area (Å²) in [7, 11) is 1.77. The first-order valence-electron chi connectivity index (χ1n) is 7.42. The topological polar surface area (TPSA) is 21.3 Å². The molecule has 3 rings (SSSR count). The maximum absolute atomic E-state index is 5.49. The quantitative estimate of drug-likeness (QED) is 0.878. The molecule has 1 aromatic rings. The van der Waals surface area contributed by atoms with E-state index < -0.39 is 0 Å². The number of hydrogen-bond donors (Lipinski definition) is 1. The normalized spacial score (nSPS) is 24.5. The van der Waals surface area contributed by atoms with Crippen LogP contribution in [0.2, 0.25) is 0 Å². The average Bonchev–Trinajstić information content (AvgIpc) is 2.79. The molecule has 1 N–H and O–H groups in total. The minimum absolute atomic E-state index is 0.622. The standard InChI is InChI=1S/C17H25NO/c1-11-7-15(19-4)12(2)13(3)16(11)14-5-6-17(8-14)9-18-10-17/h7,14,18H,5-6,8-10H2,1-4H3. The molecule has 1 saturated carbocycles. The first-order valence-corrected chi connectivity index (χ1v) is 7.42. The summed E-state index contributed by atoms with van der Waals surface area (Å²) in [5.41, 5.74) is 6.40. The fourth-order valence-corrected chi connectivity index (χ4v) is 4.16. The highest BCUT2D eigenvalue weighted by Gasteiger charge is 2.44. The molecule has 1 unspecified atom stereocenters. The number of benzene rings is 1. The van der Waals surface area contributed by atoms with Crippen molar-refractivity contribution < 1.29 is 4.74 Å². The summed E-state index contributed by atoms with van der Waals surface area (Å²) in [5.74, 6) is 1.79. The van der Waals surface area contributed by atoms with Gasteiger partial charge in [-0.05, 0) is 79.7 Å². The Hall–Kier alpha value is -1.02. The molecule has 1 aliphatic heterocycles. The van der Waals surface area contributed by atoms with Crippen molar-refractivity contribution >= 4 is 0 Å². The van der Waals surface area contributed by atoms with E-state index in [4.69, 9.17) is 4.74 Å². The van der Waals surface area contributed by atoms with E-state index in [9.17, 15) is 0 Å². The largest absolute Gasteiger partial charge is 0.496 e. The summed E-state index contributed by atoms with van der Waals surface area (Å²) in [6, 6.07) is 2.22. The zero-order valence-electron chi connectivity index (χ0n) is 12.6. The van der Waals surface area contributed by atoms with Gasteiger partial charge in [-0.3, -0.25) is 0 Å². The van der Waals surface area contributed by atoms with E-state index in [1.54, 1.807) is 12.7 Å². The molecular formula is C17H25NO. The van der Waals surface area contributed by atoms with Crippen molar-refractivity contribution in [2.45, 2.75) is 46.0 Å². The molecule has 2 aliphatic rings. The van der Waals surface area contributed by atoms with E-state index in [1.807, 2.05) is 0 Å². The lowest BCUT2D eigenvalue weighted by Crippen LogP contribution is -2.51. The Labute approximate surface area is 116 Å². The highest BCUT2D eigenvalue weighted by atomic mass is 16.5. The van der Waals surface area contributed by atoms with Crippen molar-refractivity contribution in [3.63, 3.8) is 0 Å². The Morgan fingerprint density at radius 3 is 2.47 bits per heavy atom. The van der Waals surface area contributed by atoms with Crippen molar-refractivity contribution in [3.05, 3.63) is 28.3 Å². The van der Waals surface area contributed by atoms with Gasteiger partial charge >= 0.3 is 0 Å². The van der Waals surface area contributed by atoms with Crippen LogP contribution in [-0.4, -0.2) is 20.2 Å². The molecule has 1 aliphatic carbocycles. The van der Waals surface area contributed by atoms with Gasteiger partial charge in [-0.1, -0.05) is 0 Å². The van der Waals surface area contributed by atoms with Crippen LogP contribution in [0.4, 0.5) is 0 Å². The van der Waals surface area contributed by atoms with Crippen LogP contribution in [0.3, 0.4) is 0 Å². The number of rotatable bonds is 2. The lowest BCUT2D eigenvalue weighted by Gasteiger charge is -2.39. The van der Waals surface area contributed by atoms with E-state index >= 15 is 0 Å². The lowest BCUT2D eigenvalue weighted by atomic mass is 9.78. The van der Waals surface area contributed by atoms with E-state index in [-0.39, 0.29) is 0 Å². The molecule has 2 fully saturated rings. The molecule has 2 heteroatoms. The monoisotopic (exact) mass is 259 g/mol. The molecule has 1 heterocycles. The molecule has 2 nitrogen and oxygen atoms in total.